The van der Waals surface area contributed by atoms with Crippen molar-refractivity contribution in [2.45, 2.75) is 31.7 Å². The summed E-state index contributed by atoms with van der Waals surface area (Å²) in [5, 5.41) is 0.391. The Morgan fingerprint density at radius 2 is 2.00 bits per heavy atom. The number of halogens is 1. The summed E-state index contributed by atoms with van der Waals surface area (Å²) in [4.78, 5) is 23.8. The third kappa shape index (κ3) is 4.63. The molecule has 0 atom stereocenters. The molecule has 3 rings (SSSR count). The van der Waals surface area contributed by atoms with Gasteiger partial charge in [-0.1, -0.05) is 24.6 Å². The number of oxazole rings is 1. The van der Waals surface area contributed by atoms with E-state index in [1.54, 1.807) is 19.1 Å². The molecule has 0 saturated heterocycles. The second-order valence-electron chi connectivity index (χ2n) is 6.37. The molecule has 1 heterocycles. The van der Waals surface area contributed by atoms with Gasteiger partial charge in [-0.3, -0.25) is 14.1 Å². The van der Waals surface area contributed by atoms with Gasteiger partial charge in [0, 0.05) is 11.1 Å². The third-order valence-electron chi connectivity index (χ3n) is 4.15. The SMILES string of the molecule is CCCOC(=O)Cn1c(=O)oc2cc(S(=O)(=O)Nc3cc(Cl)ccc3C)ccc21. The number of esters is 1. The van der Waals surface area contributed by atoms with E-state index in [1.165, 1.54) is 24.3 Å². The van der Waals surface area contributed by atoms with Crippen LogP contribution in [-0.4, -0.2) is 25.6 Å². The number of sulfonamides is 1. The predicted octanol–water partition coefficient (Wildman–Crippen LogP) is 3.31. The van der Waals surface area contributed by atoms with Crippen LogP contribution in [0.25, 0.3) is 11.1 Å². The fraction of sp³-hybridized carbons (Fsp3) is 0.263. The average molecular weight is 439 g/mol. The van der Waals surface area contributed by atoms with Gasteiger partial charge in [0.1, 0.15) is 6.54 Å². The number of hydrogen-bond acceptors (Lipinski definition) is 6. The Hall–Kier alpha value is -2.78. The Kier molecular flexibility index (Phi) is 5.99. The van der Waals surface area contributed by atoms with Crippen LogP contribution in [0.4, 0.5) is 5.69 Å². The smallest absolute Gasteiger partial charge is 0.420 e. The second kappa shape index (κ2) is 8.30. The minimum atomic E-state index is -3.95. The number of hydrogen-bond donors (Lipinski definition) is 1. The van der Waals surface area contributed by atoms with Crippen molar-refractivity contribution < 1.29 is 22.4 Å². The van der Waals surface area contributed by atoms with Crippen molar-refractivity contribution in [2.24, 2.45) is 0 Å². The van der Waals surface area contributed by atoms with E-state index in [1.807, 2.05) is 6.92 Å². The van der Waals surface area contributed by atoms with Gasteiger partial charge in [0.25, 0.3) is 10.0 Å². The molecule has 10 heteroatoms. The van der Waals surface area contributed by atoms with Gasteiger partial charge < -0.3 is 9.15 Å². The van der Waals surface area contributed by atoms with Crippen LogP contribution in [-0.2, 0) is 26.1 Å². The molecule has 1 N–H and O–H groups in total. The van der Waals surface area contributed by atoms with Crippen molar-refractivity contribution in [3.8, 4) is 0 Å². The van der Waals surface area contributed by atoms with E-state index in [9.17, 15) is 18.0 Å². The first-order valence-electron chi connectivity index (χ1n) is 8.79. The summed E-state index contributed by atoms with van der Waals surface area (Å²) in [5.74, 6) is -1.35. The quantitative estimate of drug-likeness (QED) is 0.567. The molecule has 0 bridgehead atoms. The number of anilines is 1. The molecule has 0 spiro atoms. The largest absolute Gasteiger partial charge is 0.464 e. The minimum Gasteiger partial charge on any atom is -0.464 e. The lowest BCUT2D eigenvalue weighted by Crippen LogP contribution is -2.21. The van der Waals surface area contributed by atoms with Crippen LogP contribution in [0.3, 0.4) is 0 Å². The van der Waals surface area contributed by atoms with E-state index in [4.69, 9.17) is 20.8 Å². The molecule has 0 aliphatic heterocycles. The zero-order chi connectivity index (χ0) is 21.2. The molecule has 2 aromatic carbocycles. The maximum Gasteiger partial charge on any atom is 0.420 e. The first-order valence-corrected chi connectivity index (χ1v) is 10.7. The summed E-state index contributed by atoms with van der Waals surface area (Å²) in [7, 11) is -3.95. The van der Waals surface area contributed by atoms with E-state index in [-0.39, 0.29) is 23.6 Å². The Balaban J connectivity index is 1.92. The normalized spacial score (nSPS) is 11.6. The van der Waals surface area contributed by atoms with Crippen molar-refractivity contribution in [3.63, 3.8) is 0 Å². The number of aromatic nitrogens is 1. The molecule has 0 amide bonds. The second-order valence-corrected chi connectivity index (χ2v) is 8.49. The number of carbonyl (C=O) groups is 1. The summed E-state index contributed by atoms with van der Waals surface area (Å²) in [6.45, 7) is 3.53. The Bertz CT molecular complexity index is 1230. The molecule has 0 saturated carbocycles. The lowest BCUT2D eigenvalue weighted by molar-refractivity contribution is -0.144. The predicted molar refractivity (Wildman–Crippen MR) is 109 cm³/mol. The molecular weight excluding hydrogens is 420 g/mol. The molecule has 0 aliphatic rings. The lowest BCUT2D eigenvalue weighted by atomic mass is 10.2. The number of aryl methyl sites for hydroxylation is 1. The van der Waals surface area contributed by atoms with E-state index in [0.717, 1.165) is 4.57 Å². The molecular formula is C19H19ClN2O6S. The molecule has 0 radical (unpaired) electrons. The number of nitrogens with zero attached hydrogens (tertiary/aromatic N) is 1. The highest BCUT2D eigenvalue weighted by Crippen LogP contribution is 2.25. The molecule has 154 valence electrons. The van der Waals surface area contributed by atoms with E-state index < -0.39 is 21.7 Å². The van der Waals surface area contributed by atoms with Gasteiger partial charge in [0.15, 0.2) is 5.58 Å². The maximum absolute atomic E-state index is 12.7. The fourth-order valence-corrected chi connectivity index (χ4v) is 3.97. The van der Waals surface area contributed by atoms with Gasteiger partial charge in [-0.2, -0.15) is 0 Å². The number of benzene rings is 2. The number of carbonyl (C=O) groups excluding carboxylic acids is 1. The monoisotopic (exact) mass is 438 g/mol. The van der Waals surface area contributed by atoms with E-state index in [2.05, 4.69) is 4.72 Å². The van der Waals surface area contributed by atoms with Gasteiger partial charge in [-0.15, -0.1) is 0 Å². The molecule has 0 aliphatic carbocycles. The molecule has 29 heavy (non-hydrogen) atoms. The van der Waals surface area contributed by atoms with Crippen molar-refractivity contribution in [2.75, 3.05) is 11.3 Å². The number of ether oxygens (including phenoxy) is 1. The maximum atomic E-state index is 12.7. The van der Waals surface area contributed by atoms with Gasteiger partial charge in [0.2, 0.25) is 0 Å². The number of fused-ring (bicyclic) bond motifs is 1. The van der Waals surface area contributed by atoms with Crippen LogP contribution in [0, 0.1) is 6.92 Å². The van der Waals surface area contributed by atoms with Gasteiger partial charge in [-0.25, -0.2) is 13.2 Å². The number of rotatable bonds is 7. The van der Waals surface area contributed by atoms with E-state index >= 15 is 0 Å². The summed E-state index contributed by atoms with van der Waals surface area (Å²) in [6.07, 6.45) is 0.660. The average Bonchev–Trinajstić information content (AvgIpc) is 2.97. The molecule has 0 fully saturated rings. The van der Waals surface area contributed by atoms with Crippen LogP contribution in [0.2, 0.25) is 5.02 Å². The Morgan fingerprint density at radius 3 is 2.72 bits per heavy atom. The Morgan fingerprint density at radius 1 is 1.24 bits per heavy atom. The molecule has 0 unspecified atom stereocenters. The molecule has 8 nitrogen and oxygen atoms in total. The van der Waals surface area contributed by atoms with Crippen molar-refractivity contribution in [1.29, 1.82) is 0 Å². The van der Waals surface area contributed by atoms with E-state index in [0.29, 0.717) is 28.2 Å². The summed E-state index contributed by atoms with van der Waals surface area (Å²) >= 11 is 5.94. The van der Waals surface area contributed by atoms with Gasteiger partial charge >= 0.3 is 11.7 Å². The molecule has 3 aromatic rings. The van der Waals surface area contributed by atoms with Crippen LogP contribution < -0.4 is 10.5 Å². The van der Waals surface area contributed by atoms with Crippen molar-refractivity contribution in [1.82, 2.24) is 4.57 Å². The minimum absolute atomic E-state index is 0.0454. The standard InChI is InChI=1S/C19H19ClN2O6S/c1-3-8-27-18(23)11-22-16-7-6-14(10-17(16)28-19(22)24)29(25,26)21-15-9-13(20)5-4-12(15)2/h4-7,9-10,21H,3,8,11H2,1-2H3. The molecule has 1 aromatic heterocycles. The van der Waals surface area contributed by atoms with Crippen LogP contribution in [0.1, 0.15) is 18.9 Å². The lowest BCUT2D eigenvalue weighted by Gasteiger charge is -2.11. The first kappa shape index (κ1) is 20.9. The van der Waals surface area contributed by atoms with Crippen molar-refractivity contribution in [3.05, 3.63) is 57.5 Å². The topological polar surface area (TPSA) is 108 Å². The van der Waals surface area contributed by atoms with Crippen LogP contribution >= 0.6 is 11.6 Å². The van der Waals surface area contributed by atoms with Gasteiger partial charge in [-0.05, 0) is 43.2 Å². The zero-order valence-corrected chi connectivity index (χ0v) is 17.3. The summed E-state index contributed by atoms with van der Waals surface area (Å²) < 4.78 is 39.1. The summed E-state index contributed by atoms with van der Waals surface area (Å²) in [6, 6.07) is 8.82. The first-order chi connectivity index (χ1) is 13.7. The third-order valence-corrected chi connectivity index (χ3v) is 5.75. The Labute approximate surface area is 172 Å². The highest BCUT2D eigenvalue weighted by molar-refractivity contribution is 7.92. The highest BCUT2D eigenvalue weighted by Gasteiger charge is 2.20. The summed E-state index contributed by atoms with van der Waals surface area (Å²) in [5.41, 5.74) is 1.38. The van der Waals surface area contributed by atoms with Gasteiger partial charge in [0.05, 0.1) is 22.7 Å². The van der Waals surface area contributed by atoms with Crippen LogP contribution in [0.5, 0.6) is 0 Å². The van der Waals surface area contributed by atoms with Crippen LogP contribution in [0.15, 0.2) is 50.5 Å². The number of nitrogens with one attached hydrogen (secondary N) is 1. The fourth-order valence-electron chi connectivity index (χ4n) is 2.66. The highest BCUT2D eigenvalue weighted by atomic mass is 35.5. The zero-order valence-electron chi connectivity index (χ0n) is 15.8. The van der Waals surface area contributed by atoms with Crippen molar-refractivity contribution >= 4 is 44.4 Å².